The van der Waals surface area contributed by atoms with E-state index in [2.05, 4.69) is 42.1 Å². The number of hydrogen-bond donors (Lipinski definition) is 0. The van der Waals surface area contributed by atoms with Crippen molar-refractivity contribution in [1.29, 1.82) is 0 Å². The number of benzene rings is 1. The van der Waals surface area contributed by atoms with Gasteiger partial charge in [-0.05, 0) is 24.1 Å². The quantitative estimate of drug-likeness (QED) is 0.723. The molecule has 0 amide bonds. The van der Waals surface area contributed by atoms with Crippen molar-refractivity contribution in [2.24, 2.45) is 7.05 Å². The van der Waals surface area contributed by atoms with Gasteiger partial charge in [-0.1, -0.05) is 12.1 Å². The average Bonchev–Trinajstić information content (AvgIpc) is 2.58. The number of hydrogen-bond acceptors (Lipinski definition) is 1. The minimum Gasteiger partial charge on any atom is -0.384 e. The number of nitrogens with zero attached hydrogens (tertiary/aromatic N) is 1. The second-order valence-electron chi connectivity index (χ2n) is 3.52. The van der Waals surface area contributed by atoms with Gasteiger partial charge in [-0.2, -0.15) is 0 Å². The van der Waals surface area contributed by atoms with Gasteiger partial charge in [0.15, 0.2) is 0 Å². The van der Waals surface area contributed by atoms with Crippen molar-refractivity contribution in [3.05, 3.63) is 36.0 Å². The van der Waals surface area contributed by atoms with E-state index in [0.29, 0.717) is 0 Å². The van der Waals surface area contributed by atoms with Crippen LogP contribution < -0.4 is 0 Å². The molecule has 0 aliphatic heterocycles. The van der Waals surface area contributed by atoms with Crippen molar-refractivity contribution >= 4 is 10.9 Å². The van der Waals surface area contributed by atoms with Gasteiger partial charge in [0, 0.05) is 31.3 Å². The number of ether oxygens (including phenoxy) is 1. The van der Waals surface area contributed by atoms with Gasteiger partial charge in [0.1, 0.15) is 0 Å². The topological polar surface area (TPSA) is 14.2 Å². The maximum absolute atomic E-state index is 5.09. The number of rotatable bonds is 3. The number of fused-ring (bicyclic) bond motifs is 1. The lowest BCUT2D eigenvalue weighted by Crippen LogP contribution is -1.95. The molecule has 1 aromatic carbocycles. The lowest BCUT2D eigenvalue weighted by Gasteiger charge is -2.03. The van der Waals surface area contributed by atoms with E-state index in [9.17, 15) is 0 Å². The fourth-order valence-electron chi connectivity index (χ4n) is 1.80. The minimum absolute atomic E-state index is 0.786. The SMILES string of the molecule is COCCc1cccc2c1ccn2C. The van der Waals surface area contributed by atoms with E-state index in [-0.39, 0.29) is 0 Å². The molecular formula is C12H15NO. The molecule has 0 aliphatic carbocycles. The smallest absolute Gasteiger partial charge is 0.0502 e. The lowest BCUT2D eigenvalue weighted by atomic mass is 10.1. The first kappa shape index (κ1) is 9.28. The average molecular weight is 189 g/mol. The molecule has 2 heteroatoms. The molecular weight excluding hydrogens is 174 g/mol. The van der Waals surface area contributed by atoms with Crippen LogP contribution in [-0.4, -0.2) is 18.3 Å². The van der Waals surface area contributed by atoms with Crippen LogP contribution in [0.3, 0.4) is 0 Å². The summed E-state index contributed by atoms with van der Waals surface area (Å²) in [6.45, 7) is 0.786. The van der Waals surface area contributed by atoms with Crippen molar-refractivity contribution in [3.63, 3.8) is 0 Å². The Morgan fingerprint density at radius 2 is 2.14 bits per heavy atom. The standard InChI is InChI=1S/C12H15NO/c1-13-8-6-11-10(7-9-14-2)4-3-5-12(11)13/h3-6,8H,7,9H2,1-2H3. The summed E-state index contributed by atoms with van der Waals surface area (Å²) in [4.78, 5) is 0. The van der Waals surface area contributed by atoms with Crippen molar-refractivity contribution in [2.45, 2.75) is 6.42 Å². The Kier molecular flexibility index (Phi) is 2.55. The summed E-state index contributed by atoms with van der Waals surface area (Å²) in [5.41, 5.74) is 2.66. The van der Waals surface area contributed by atoms with Crippen LogP contribution in [0.2, 0.25) is 0 Å². The molecule has 14 heavy (non-hydrogen) atoms. The lowest BCUT2D eigenvalue weighted by molar-refractivity contribution is 0.202. The van der Waals surface area contributed by atoms with Crippen LogP contribution in [0.1, 0.15) is 5.56 Å². The van der Waals surface area contributed by atoms with Crippen LogP contribution in [0.5, 0.6) is 0 Å². The van der Waals surface area contributed by atoms with Crippen molar-refractivity contribution in [3.8, 4) is 0 Å². The Labute approximate surface area is 84.1 Å². The highest BCUT2D eigenvalue weighted by molar-refractivity contribution is 5.83. The molecule has 0 unspecified atom stereocenters. The van der Waals surface area contributed by atoms with Gasteiger partial charge in [0.25, 0.3) is 0 Å². The van der Waals surface area contributed by atoms with Crippen LogP contribution >= 0.6 is 0 Å². The normalized spacial score (nSPS) is 11.0. The predicted molar refractivity (Wildman–Crippen MR) is 58.5 cm³/mol. The molecule has 0 saturated carbocycles. The Hall–Kier alpha value is -1.28. The van der Waals surface area contributed by atoms with E-state index in [4.69, 9.17) is 4.74 Å². The van der Waals surface area contributed by atoms with E-state index in [1.807, 2.05) is 0 Å². The van der Waals surface area contributed by atoms with Gasteiger partial charge in [-0.25, -0.2) is 0 Å². The third-order valence-electron chi connectivity index (χ3n) is 2.59. The summed E-state index contributed by atoms with van der Waals surface area (Å²) in [5, 5.41) is 1.34. The maximum atomic E-state index is 5.09. The molecule has 0 fully saturated rings. The first-order chi connectivity index (χ1) is 6.83. The molecule has 0 spiro atoms. The molecule has 2 aromatic rings. The van der Waals surface area contributed by atoms with Crippen LogP contribution in [-0.2, 0) is 18.2 Å². The van der Waals surface area contributed by atoms with E-state index >= 15 is 0 Å². The zero-order valence-electron chi connectivity index (χ0n) is 8.66. The Morgan fingerprint density at radius 1 is 1.29 bits per heavy atom. The molecule has 0 bridgehead atoms. The molecule has 0 atom stereocenters. The maximum Gasteiger partial charge on any atom is 0.0502 e. The molecule has 1 aromatic heterocycles. The Morgan fingerprint density at radius 3 is 2.93 bits per heavy atom. The highest BCUT2D eigenvalue weighted by Gasteiger charge is 2.02. The molecule has 0 aliphatic rings. The van der Waals surface area contributed by atoms with Gasteiger partial charge in [0.2, 0.25) is 0 Å². The van der Waals surface area contributed by atoms with E-state index in [1.54, 1.807) is 7.11 Å². The summed E-state index contributed by atoms with van der Waals surface area (Å²) >= 11 is 0. The van der Waals surface area contributed by atoms with Crippen molar-refractivity contribution in [1.82, 2.24) is 4.57 Å². The third kappa shape index (κ3) is 1.53. The Bertz CT molecular complexity index is 431. The third-order valence-corrected chi connectivity index (χ3v) is 2.59. The van der Waals surface area contributed by atoms with Gasteiger partial charge in [-0.3, -0.25) is 0 Å². The molecule has 1 heterocycles. The fraction of sp³-hybridized carbons (Fsp3) is 0.333. The first-order valence-electron chi connectivity index (χ1n) is 4.85. The predicted octanol–water partition coefficient (Wildman–Crippen LogP) is 2.37. The van der Waals surface area contributed by atoms with Crippen LogP contribution in [0.15, 0.2) is 30.5 Å². The number of aryl methyl sites for hydroxylation is 1. The zero-order valence-corrected chi connectivity index (χ0v) is 8.66. The van der Waals surface area contributed by atoms with Crippen molar-refractivity contribution in [2.75, 3.05) is 13.7 Å². The van der Waals surface area contributed by atoms with Gasteiger partial charge < -0.3 is 9.30 Å². The molecule has 0 N–H and O–H groups in total. The van der Waals surface area contributed by atoms with Crippen molar-refractivity contribution < 1.29 is 4.74 Å². The highest BCUT2D eigenvalue weighted by atomic mass is 16.5. The zero-order chi connectivity index (χ0) is 9.97. The second-order valence-corrected chi connectivity index (χ2v) is 3.52. The van der Waals surface area contributed by atoms with E-state index in [1.165, 1.54) is 16.5 Å². The number of methoxy groups -OCH3 is 1. The first-order valence-corrected chi connectivity index (χ1v) is 4.85. The molecule has 0 saturated heterocycles. The van der Waals surface area contributed by atoms with Gasteiger partial charge in [-0.15, -0.1) is 0 Å². The molecule has 74 valence electrons. The summed E-state index contributed by atoms with van der Waals surface area (Å²) in [6, 6.07) is 8.58. The van der Waals surface area contributed by atoms with Crippen LogP contribution in [0.4, 0.5) is 0 Å². The van der Waals surface area contributed by atoms with Crippen LogP contribution in [0.25, 0.3) is 10.9 Å². The number of aromatic nitrogens is 1. The Balaban J connectivity index is 2.44. The molecule has 0 radical (unpaired) electrons. The largest absolute Gasteiger partial charge is 0.384 e. The summed E-state index contributed by atoms with van der Waals surface area (Å²) in [6.07, 6.45) is 3.08. The van der Waals surface area contributed by atoms with E-state index < -0.39 is 0 Å². The summed E-state index contributed by atoms with van der Waals surface area (Å²) < 4.78 is 7.24. The molecule has 2 rings (SSSR count). The summed E-state index contributed by atoms with van der Waals surface area (Å²) in [5.74, 6) is 0. The van der Waals surface area contributed by atoms with E-state index in [0.717, 1.165) is 13.0 Å². The minimum atomic E-state index is 0.786. The fourth-order valence-corrected chi connectivity index (χ4v) is 1.80. The van der Waals surface area contributed by atoms with Gasteiger partial charge in [0.05, 0.1) is 6.61 Å². The molecule has 2 nitrogen and oxygen atoms in total. The highest BCUT2D eigenvalue weighted by Crippen LogP contribution is 2.19. The van der Waals surface area contributed by atoms with Crippen LogP contribution in [0, 0.1) is 0 Å². The summed E-state index contributed by atoms with van der Waals surface area (Å²) in [7, 11) is 3.81. The van der Waals surface area contributed by atoms with Gasteiger partial charge >= 0.3 is 0 Å². The monoisotopic (exact) mass is 189 g/mol. The second kappa shape index (κ2) is 3.84.